The molecule has 0 bridgehead atoms. The van der Waals surface area contributed by atoms with Crippen LogP contribution in [0.15, 0.2) is 0 Å². The topological polar surface area (TPSA) is 38.5 Å². The van der Waals surface area contributed by atoms with Crippen molar-refractivity contribution in [1.29, 1.82) is 0 Å². The maximum Gasteiger partial charge on any atom is 0.0594 e. The third kappa shape index (κ3) is 4.30. The van der Waals surface area contributed by atoms with E-state index in [1.165, 1.54) is 24.6 Å². The van der Waals surface area contributed by atoms with E-state index in [0.29, 0.717) is 13.2 Å². The Hall–Kier alpha value is 0.230. The molecule has 1 fully saturated rings. The van der Waals surface area contributed by atoms with Gasteiger partial charge in [-0.1, -0.05) is 0 Å². The minimum Gasteiger partial charge on any atom is -0.379 e. The van der Waals surface area contributed by atoms with E-state index in [0.717, 1.165) is 13.2 Å². The van der Waals surface area contributed by atoms with Gasteiger partial charge in [-0.2, -0.15) is 11.8 Å². The van der Waals surface area contributed by atoms with Crippen LogP contribution >= 0.6 is 11.8 Å². The summed E-state index contributed by atoms with van der Waals surface area (Å²) in [5, 5.41) is 0. The average molecular weight is 190 g/mol. The summed E-state index contributed by atoms with van der Waals surface area (Å²) in [4.78, 5) is 2.45. The first-order chi connectivity index (χ1) is 5.93. The van der Waals surface area contributed by atoms with Crippen LogP contribution in [0.1, 0.15) is 0 Å². The first-order valence-corrected chi connectivity index (χ1v) is 5.67. The Morgan fingerprint density at radius 3 is 2.67 bits per heavy atom. The smallest absolute Gasteiger partial charge is 0.0594 e. The summed E-state index contributed by atoms with van der Waals surface area (Å²) in [6.07, 6.45) is 0. The molecular formula is C8H18N2OS. The van der Waals surface area contributed by atoms with E-state index < -0.39 is 0 Å². The molecule has 0 aromatic heterocycles. The molecule has 0 spiro atoms. The maximum absolute atomic E-state index is 5.31. The zero-order valence-electron chi connectivity index (χ0n) is 7.50. The van der Waals surface area contributed by atoms with Crippen LogP contribution in [0.25, 0.3) is 0 Å². The Morgan fingerprint density at radius 2 is 2.00 bits per heavy atom. The van der Waals surface area contributed by atoms with Crippen LogP contribution in [0.5, 0.6) is 0 Å². The molecule has 0 aromatic carbocycles. The first-order valence-electron chi connectivity index (χ1n) is 4.51. The first kappa shape index (κ1) is 10.3. The normalized spacial score (nSPS) is 19.8. The van der Waals surface area contributed by atoms with Gasteiger partial charge in [0.05, 0.1) is 13.2 Å². The molecule has 0 atom stereocenters. The van der Waals surface area contributed by atoms with Crippen molar-refractivity contribution in [2.75, 3.05) is 50.9 Å². The number of thioether (sulfide) groups is 1. The summed E-state index contributed by atoms with van der Waals surface area (Å²) in [5.74, 6) is 2.55. The molecule has 1 rings (SSSR count). The molecule has 1 aliphatic heterocycles. The van der Waals surface area contributed by atoms with Crippen molar-refractivity contribution >= 4 is 11.8 Å². The standard InChI is InChI=1S/C8H18N2OS/c9-1-5-11-6-2-10-3-7-12-8-4-10/h1-9H2. The van der Waals surface area contributed by atoms with Crippen LogP contribution in [0.4, 0.5) is 0 Å². The molecule has 0 aromatic rings. The Morgan fingerprint density at radius 1 is 1.25 bits per heavy atom. The van der Waals surface area contributed by atoms with Crippen molar-refractivity contribution in [3.05, 3.63) is 0 Å². The van der Waals surface area contributed by atoms with E-state index in [2.05, 4.69) is 4.90 Å². The number of nitrogens with two attached hydrogens (primary N) is 1. The molecular weight excluding hydrogens is 172 g/mol. The van der Waals surface area contributed by atoms with E-state index in [1.807, 2.05) is 11.8 Å². The maximum atomic E-state index is 5.31. The molecule has 0 saturated carbocycles. The lowest BCUT2D eigenvalue weighted by Gasteiger charge is -2.25. The van der Waals surface area contributed by atoms with Crippen molar-refractivity contribution in [3.8, 4) is 0 Å². The van der Waals surface area contributed by atoms with Crippen molar-refractivity contribution in [1.82, 2.24) is 4.90 Å². The highest BCUT2D eigenvalue weighted by molar-refractivity contribution is 7.99. The van der Waals surface area contributed by atoms with Crippen molar-refractivity contribution in [2.24, 2.45) is 5.73 Å². The van der Waals surface area contributed by atoms with Gasteiger partial charge in [0.1, 0.15) is 0 Å². The minimum atomic E-state index is 0.635. The number of hydrogen-bond acceptors (Lipinski definition) is 4. The minimum absolute atomic E-state index is 0.635. The van der Waals surface area contributed by atoms with Crippen LogP contribution in [-0.4, -0.2) is 55.8 Å². The lowest BCUT2D eigenvalue weighted by molar-refractivity contribution is 0.113. The number of ether oxygens (including phenoxy) is 1. The molecule has 2 N–H and O–H groups in total. The van der Waals surface area contributed by atoms with Gasteiger partial charge in [0, 0.05) is 37.7 Å². The third-order valence-corrected chi connectivity index (χ3v) is 2.86. The fraction of sp³-hybridized carbons (Fsp3) is 1.00. The molecule has 3 nitrogen and oxygen atoms in total. The van der Waals surface area contributed by atoms with Crippen molar-refractivity contribution < 1.29 is 4.74 Å². The molecule has 72 valence electrons. The predicted molar refractivity (Wildman–Crippen MR) is 53.6 cm³/mol. The van der Waals surface area contributed by atoms with Gasteiger partial charge < -0.3 is 10.5 Å². The molecule has 0 aliphatic carbocycles. The van der Waals surface area contributed by atoms with E-state index in [4.69, 9.17) is 10.5 Å². The average Bonchev–Trinajstić information content (AvgIpc) is 2.14. The van der Waals surface area contributed by atoms with Crippen LogP contribution in [0.3, 0.4) is 0 Å². The van der Waals surface area contributed by atoms with Crippen LogP contribution in [-0.2, 0) is 4.74 Å². The lowest BCUT2D eigenvalue weighted by Crippen LogP contribution is -2.35. The zero-order valence-corrected chi connectivity index (χ0v) is 8.31. The molecule has 12 heavy (non-hydrogen) atoms. The van der Waals surface area contributed by atoms with Gasteiger partial charge in [-0.25, -0.2) is 0 Å². The molecule has 1 aliphatic rings. The van der Waals surface area contributed by atoms with Crippen LogP contribution < -0.4 is 5.73 Å². The highest BCUT2D eigenvalue weighted by Crippen LogP contribution is 2.07. The SMILES string of the molecule is NCCOCCN1CCSCC1. The van der Waals surface area contributed by atoms with Crippen molar-refractivity contribution in [3.63, 3.8) is 0 Å². The quantitative estimate of drug-likeness (QED) is 0.620. The van der Waals surface area contributed by atoms with Gasteiger partial charge in [0.25, 0.3) is 0 Å². The Bertz CT molecular complexity index is 107. The van der Waals surface area contributed by atoms with Gasteiger partial charge >= 0.3 is 0 Å². The number of rotatable bonds is 5. The van der Waals surface area contributed by atoms with Crippen LogP contribution in [0, 0.1) is 0 Å². The molecule has 0 amide bonds. The van der Waals surface area contributed by atoms with E-state index >= 15 is 0 Å². The second-order valence-electron chi connectivity index (χ2n) is 2.86. The van der Waals surface area contributed by atoms with Crippen molar-refractivity contribution in [2.45, 2.75) is 0 Å². The molecule has 4 heteroatoms. The summed E-state index contributed by atoms with van der Waals surface area (Å²) in [6, 6.07) is 0. The monoisotopic (exact) mass is 190 g/mol. The van der Waals surface area contributed by atoms with Crippen LogP contribution in [0.2, 0.25) is 0 Å². The van der Waals surface area contributed by atoms with Gasteiger partial charge in [-0.05, 0) is 0 Å². The molecule has 0 radical (unpaired) electrons. The summed E-state index contributed by atoms with van der Waals surface area (Å²) in [7, 11) is 0. The molecule has 0 unspecified atom stereocenters. The largest absolute Gasteiger partial charge is 0.379 e. The van der Waals surface area contributed by atoms with Gasteiger partial charge in [0.15, 0.2) is 0 Å². The number of hydrogen-bond donors (Lipinski definition) is 1. The second kappa shape index (κ2) is 6.71. The highest BCUT2D eigenvalue weighted by atomic mass is 32.2. The summed E-state index contributed by atoms with van der Waals surface area (Å²) in [5.41, 5.74) is 5.31. The van der Waals surface area contributed by atoms with Gasteiger partial charge in [-0.3, -0.25) is 4.90 Å². The fourth-order valence-electron chi connectivity index (χ4n) is 1.20. The summed E-state index contributed by atoms with van der Waals surface area (Å²) < 4.78 is 5.31. The van der Waals surface area contributed by atoms with Gasteiger partial charge in [0.2, 0.25) is 0 Å². The second-order valence-corrected chi connectivity index (χ2v) is 4.08. The summed E-state index contributed by atoms with van der Waals surface area (Å²) in [6.45, 7) is 5.67. The van der Waals surface area contributed by atoms with E-state index in [-0.39, 0.29) is 0 Å². The summed E-state index contributed by atoms with van der Waals surface area (Å²) >= 11 is 2.04. The Kier molecular flexibility index (Phi) is 5.77. The molecule has 1 heterocycles. The number of nitrogens with zero attached hydrogens (tertiary/aromatic N) is 1. The Labute approximate surface area is 78.6 Å². The molecule has 1 saturated heterocycles. The van der Waals surface area contributed by atoms with E-state index in [9.17, 15) is 0 Å². The third-order valence-electron chi connectivity index (χ3n) is 1.92. The Balaban J connectivity index is 1.91. The lowest BCUT2D eigenvalue weighted by atomic mass is 10.5. The zero-order chi connectivity index (χ0) is 8.65. The highest BCUT2D eigenvalue weighted by Gasteiger charge is 2.08. The van der Waals surface area contributed by atoms with E-state index in [1.54, 1.807) is 0 Å². The van der Waals surface area contributed by atoms with Gasteiger partial charge in [-0.15, -0.1) is 0 Å². The fourth-order valence-corrected chi connectivity index (χ4v) is 2.18. The predicted octanol–water partition coefficient (Wildman–Crippen LogP) is 0.0105.